The third-order valence-corrected chi connectivity index (χ3v) is 4.61. The minimum absolute atomic E-state index is 0.423. The fourth-order valence-electron chi connectivity index (χ4n) is 3.03. The Morgan fingerprint density at radius 3 is 2.36 bits per heavy atom. The Balaban J connectivity index is 1.39. The summed E-state index contributed by atoms with van der Waals surface area (Å²) in [4.78, 5) is 4.42. The van der Waals surface area contributed by atoms with E-state index in [1.54, 1.807) is 0 Å². The van der Waals surface area contributed by atoms with Crippen LogP contribution in [0.2, 0.25) is 0 Å². The number of rotatable bonds is 6. The van der Waals surface area contributed by atoms with Crippen LogP contribution in [0.3, 0.4) is 0 Å². The first-order valence-electron chi connectivity index (χ1n) is 9.29. The number of pyridine rings is 1. The van der Waals surface area contributed by atoms with Gasteiger partial charge in [-0.25, -0.2) is 4.98 Å². The van der Waals surface area contributed by atoms with Gasteiger partial charge in [-0.3, -0.25) is 0 Å². The third kappa shape index (κ3) is 4.07. The molecule has 4 aromatic rings. The molecule has 0 aliphatic carbocycles. The third-order valence-electron chi connectivity index (χ3n) is 4.61. The molecule has 2 aromatic heterocycles. The molecule has 0 unspecified atom stereocenters. The Bertz CT molecular complexity index is 1080. The molecule has 0 N–H and O–H groups in total. The van der Waals surface area contributed by atoms with Crippen molar-refractivity contribution in [2.75, 3.05) is 0 Å². The van der Waals surface area contributed by atoms with Crippen molar-refractivity contribution in [3.05, 3.63) is 96.5 Å². The lowest BCUT2D eigenvalue weighted by Crippen LogP contribution is -1.89. The van der Waals surface area contributed by atoms with E-state index in [9.17, 15) is 0 Å². The summed E-state index contributed by atoms with van der Waals surface area (Å²) in [6, 6.07) is 24.7. The smallest absolute Gasteiger partial charge is 0.266 e. The van der Waals surface area contributed by atoms with Crippen LogP contribution in [0.5, 0.6) is 0 Å². The Kier molecular flexibility index (Phi) is 5.11. The van der Waals surface area contributed by atoms with E-state index in [1.807, 2.05) is 31.2 Å². The Hall–Kier alpha value is -3.53. The summed E-state index contributed by atoms with van der Waals surface area (Å²) in [5, 5.41) is 8.24. The highest BCUT2D eigenvalue weighted by molar-refractivity contribution is 5.63. The molecule has 0 aliphatic heterocycles. The van der Waals surface area contributed by atoms with Crippen LogP contribution >= 0.6 is 0 Å². The minimum atomic E-state index is 0.423. The molecule has 138 valence electrons. The number of aromatic nitrogens is 3. The van der Waals surface area contributed by atoms with E-state index in [2.05, 4.69) is 70.3 Å². The number of nitrogens with zero attached hydrogens (tertiary/aromatic N) is 3. The molecule has 0 spiro atoms. The summed E-state index contributed by atoms with van der Waals surface area (Å²) < 4.78 is 5.77. The van der Waals surface area contributed by atoms with Crippen LogP contribution in [0.4, 0.5) is 0 Å². The van der Waals surface area contributed by atoms with E-state index in [4.69, 9.17) is 4.42 Å². The predicted molar refractivity (Wildman–Crippen MR) is 111 cm³/mol. The maximum atomic E-state index is 5.77. The highest BCUT2D eigenvalue weighted by atomic mass is 16.4. The maximum absolute atomic E-state index is 5.77. The second-order valence-corrected chi connectivity index (χ2v) is 6.74. The zero-order chi connectivity index (χ0) is 19.3. The van der Waals surface area contributed by atoms with Crippen molar-refractivity contribution in [1.29, 1.82) is 0 Å². The summed E-state index contributed by atoms with van der Waals surface area (Å²) in [6.45, 7) is 6.05. The SMILES string of the molecule is C=C(CCc1ccc(-c2ccccc2)cc1)c1nnc(-c2cccc(C)n2)o1. The van der Waals surface area contributed by atoms with E-state index in [-0.39, 0.29) is 0 Å². The summed E-state index contributed by atoms with van der Waals surface area (Å²) in [6.07, 6.45) is 1.63. The van der Waals surface area contributed by atoms with Crippen molar-refractivity contribution in [2.45, 2.75) is 19.8 Å². The second kappa shape index (κ2) is 8.01. The first-order chi connectivity index (χ1) is 13.7. The van der Waals surface area contributed by atoms with Crippen LogP contribution in [-0.4, -0.2) is 15.2 Å². The van der Waals surface area contributed by atoms with Gasteiger partial charge in [-0.05, 0) is 48.6 Å². The van der Waals surface area contributed by atoms with Gasteiger partial charge in [0.25, 0.3) is 5.89 Å². The van der Waals surface area contributed by atoms with Crippen LogP contribution in [0.1, 0.15) is 23.6 Å². The molecular weight excluding hydrogens is 346 g/mol. The molecule has 4 nitrogen and oxygen atoms in total. The number of benzene rings is 2. The van der Waals surface area contributed by atoms with Crippen molar-refractivity contribution < 1.29 is 4.42 Å². The van der Waals surface area contributed by atoms with E-state index in [1.165, 1.54) is 16.7 Å². The number of hydrogen-bond donors (Lipinski definition) is 0. The zero-order valence-corrected chi connectivity index (χ0v) is 15.8. The van der Waals surface area contributed by atoms with Crippen molar-refractivity contribution >= 4 is 5.57 Å². The topological polar surface area (TPSA) is 51.8 Å². The quantitative estimate of drug-likeness (QED) is 0.435. The monoisotopic (exact) mass is 367 g/mol. The van der Waals surface area contributed by atoms with E-state index in [0.29, 0.717) is 17.5 Å². The molecule has 4 rings (SSSR count). The number of allylic oxidation sites excluding steroid dienone is 1. The number of hydrogen-bond acceptors (Lipinski definition) is 4. The average molecular weight is 367 g/mol. The van der Waals surface area contributed by atoms with Gasteiger partial charge in [-0.15, -0.1) is 10.2 Å². The average Bonchev–Trinajstić information content (AvgIpc) is 3.24. The highest BCUT2D eigenvalue weighted by Gasteiger charge is 2.12. The molecule has 2 aromatic carbocycles. The van der Waals surface area contributed by atoms with Gasteiger partial charge >= 0.3 is 0 Å². The number of aryl methyl sites for hydroxylation is 2. The second-order valence-electron chi connectivity index (χ2n) is 6.74. The predicted octanol–water partition coefficient (Wildman–Crippen LogP) is 5.75. The molecule has 0 atom stereocenters. The first kappa shape index (κ1) is 17.9. The Labute approximate surface area is 164 Å². The molecule has 0 bridgehead atoms. The molecule has 0 saturated heterocycles. The van der Waals surface area contributed by atoms with Gasteiger partial charge in [0, 0.05) is 11.3 Å². The van der Waals surface area contributed by atoms with Gasteiger partial charge in [0.1, 0.15) is 5.69 Å². The van der Waals surface area contributed by atoms with Crippen LogP contribution in [0, 0.1) is 6.92 Å². The molecule has 0 amide bonds. The van der Waals surface area contributed by atoms with Crippen molar-refractivity contribution in [2.24, 2.45) is 0 Å². The Morgan fingerprint density at radius 1 is 0.857 bits per heavy atom. The molecular formula is C24H21N3O. The summed E-state index contributed by atoms with van der Waals surface area (Å²) >= 11 is 0. The fraction of sp³-hybridized carbons (Fsp3) is 0.125. The van der Waals surface area contributed by atoms with Crippen LogP contribution in [0.25, 0.3) is 28.3 Å². The first-order valence-corrected chi connectivity index (χ1v) is 9.29. The van der Waals surface area contributed by atoms with Gasteiger partial charge in [0.2, 0.25) is 5.89 Å². The summed E-state index contributed by atoms with van der Waals surface area (Å²) in [5.41, 5.74) is 6.12. The van der Waals surface area contributed by atoms with Gasteiger partial charge in [-0.2, -0.15) is 0 Å². The summed E-state index contributed by atoms with van der Waals surface area (Å²) in [7, 11) is 0. The largest absolute Gasteiger partial charge is 0.415 e. The molecule has 0 fully saturated rings. The van der Waals surface area contributed by atoms with Crippen LogP contribution in [-0.2, 0) is 6.42 Å². The minimum Gasteiger partial charge on any atom is -0.415 e. The lowest BCUT2D eigenvalue weighted by molar-refractivity contribution is 0.548. The summed E-state index contributed by atoms with van der Waals surface area (Å²) in [5.74, 6) is 0.895. The maximum Gasteiger partial charge on any atom is 0.266 e. The van der Waals surface area contributed by atoms with Crippen molar-refractivity contribution in [3.8, 4) is 22.7 Å². The molecule has 28 heavy (non-hydrogen) atoms. The molecule has 4 heteroatoms. The molecule has 0 aliphatic rings. The zero-order valence-electron chi connectivity index (χ0n) is 15.8. The molecule has 2 heterocycles. The Morgan fingerprint density at radius 2 is 1.61 bits per heavy atom. The molecule has 0 saturated carbocycles. The normalized spacial score (nSPS) is 10.8. The lowest BCUT2D eigenvalue weighted by Gasteiger charge is -2.05. The van der Waals surface area contributed by atoms with Gasteiger partial charge < -0.3 is 4.42 Å². The van der Waals surface area contributed by atoms with Crippen LogP contribution in [0.15, 0.2) is 83.8 Å². The van der Waals surface area contributed by atoms with E-state index in [0.717, 1.165) is 24.1 Å². The fourth-order valence-corrected chi connectivity index (χ4v) is 3.03. The van der Waals surface area contributed by atoms with Gasteiger partial charge in [-0.1, -0.05) is 67.2 Å². The van der Waals surface area contributed by atoms with Crippen molar-refractivity contribution in [1.82, 2.24) is 15.2 Å². The van der Waals surface area contributed by atoms with Gasteiger partial charge in [0.15, 0.2) is 0 Å². The van der Waals surface area contributed by atoms with Crippen LogP contribution < -0.4 is 0 Å². The van der Waals surface area contributed by atoms with Crippen molar-refractivity contribution in [3.63, 3.8) is 0 Å². The highest BCUT2D eigenvalue weighted by Crippen LogP contribution is 2.24. The van der Waals surface area contributed by atoms with E-state index >= 15 is 0 Å². The lowest BCUT2D eigenvalue weighted by atomic mass is 10.0. The van der Waals surface area contributed by atoms with E-state index < -0.39 is 0 Å². The standard InChI is InChI=1S/C24H21N3O/c1-17(23-26-27-24(28-23)22-10-6-7-18(2)25-22)11-12-19-13-15-21(16-14-19)20-8-4-3-5-9-20/h3-10,13-16H,1,11-12H2,2H3. The van der Waals surface area contributed by atoms with Gasteiger partial charge in [0.05, 0.1) is 0 Å². The molecule has 0 radical (unpaired) electrons.